The van der Waals surface area contributed by atoms with E-state index >= 15 is 0 Å². The Hall–Kier alpha value is -3.38. The van der Waals surface area contributed by atoms with Gasteiger partial charge < -0.3 is 34.9 Å². The van der Waals surface area contributed by atoms with E-state index in [0.717, 1.165) is 40.7 Å². The van der Waals surface area contributed by atoms with E-state index in [9.17, 15) is 19.5 Å². The van der Waals surface area contributed by atoms with Gasteiger partial charge in [-0.05, 0) is 81.2 Å². The van der Waals surface area contributed by atoms with Gasteiger partial charge in [0.1, 0.15) is 12.1 Å². The first kappa shape index (κ1) is 34.9. The largest absolute Gasteiger partial charge is 0.443 e. The summed E-state index contributed by atoms with van der Waals surface area (Å²) in [5.74, 6) is -0.770. The smallest absolute Gasteiger partial charge is 0.407 e. The van der Waals surface area contributed by atoms with E-state index in [4.69, 9.17) is 14.2 Å². The Morgan fingerprint density at radius 1 is 1.13 bits per heavy atom. The normalized spacial score (nSPS) is 24.6. The minimum Gasteiger partial charge on any atom is -0.443 e. The number of benzene rings is 2. The van der Waals surface area contributed by atoms with Gasteiger partial charge >= 0.3 is 6.09 Å². The second kappa shape index (κ2) is 15.2. The van der Waals surface area contributed by atoms with Gasteiger partial charge in [0, 0.05) is 23.8 Å². The number of ether oxygens (including phenoxy) is 3. The Morgan fingerprint density at radius 3 is 2.53 bits per heavy atom. The SMILES string of the molecule is C=CCc1ccc(C[C@H](NC(=O)O[C@@H]2CO[C@@H]3OCCC[C@@H]32)[C@H](O)C(=O)N2CSC(C)(C)[C@H]2C(=O)NCc2c(C)cccc2C)cc1. The average Bonchev–Trinajstić information content (AvgIpc) is 3.60. The lowest BCUT2D eigenvalue weighted by Crippen LogP contribution is -2.58. The van der Waals surface area contributed by atoms with Crippen molar-refractivity contribution in [1.29, 1.82) is 0 Å². The molecular weight excluding hydrogens is 618 g/mol. The van der Waals surface area contributed by atoms with E-state index in [-0.39, 0.29) is 30.7 Å². The number of fused-ring (bicyclic) bond motifs is 1. The molecule has 2 aromatic rings. The maximum atomic E-state index is 14.1. The number of allylic oxidation sites excluding steroid dienone is 1. The Balaban J connectivity index is 1.32. The lowest BCUT2D eigenvalue weighted by atomic mass is 9.96. The van der Waals surface area contributed by atoms with Crippen molar-refractivity contribution in [3.05, 3.63) is 82.9 Å². The van der Waals surface area contributed by atoms with Crippen LogP contribution in [0.5, 0.6) is 0 Å². The highest BCUT2D eigenvalue weighted by atomic mass is 32.2. The summed E-state index contributed by atoms with van der Waals surface area (Å²) in [6.07, 6.45) is 1.10. The molecule has 254 valence electrons. The average molecular weight is 666 g/mol. The van der Waals surface area contributed by atoms with Crippen LogP contribution in [-0.2, 0) is 43.2 Å². The van der Waals surface area contributed by atoms with Gasteiger partial charge in [-0.15, -0.1) is 18.3 Å². The van der Waals surface area contributed by atoms with E-state index in [1.165, 1.54) is 16.7 Å². The topological polar surface area (TPSA) is 126 Å². The van der Waals surface area contributed by atoms with Crippen LogP contribution < -0.4 is 10.6 Å². The molecule has 0 aromatic heterocycles. The van der Waals surface area contributed by atoms with Crippen LogP contribution in [0.2, 0.25) is 0 Å². The first-order valence-electron chi connectivity index (χ1n) is 16.3. The standard InChI is InChI=1S/C36H47N3O7S/c1-6-9-24-13-15-25(16-14-24)18-28(38-35(43)46-29-20-45-34-26(29)12-8-17-44-34)30(40)33(42)39-21-47-36(4,5)31(39)32(41)37-19-27-22(2)10-7-11-23(27)3/h6-7,10-11,13-16,26,28-31,34,40H,1,8-9,12,17-21H2,2-5H3,(H,37,41)(H,38,43)/t26-,28+,29-,30+,31-,34+/m1/s1. The van der Waals surface area contributed by atoms with Crippen molar-refractivity contribution in [3.8, 4) is 0 Å². The van der Waals surface area contributed by atoms with Gasteiger partial charge in [0.25, 0.3) is 5.91 Å². The van der Waals surface area contributed by atoms with Gasteiger partial charge in [0.2, 0.25) is 5.91 Å². The van der Waals surface area contributed by atoms with Gasteiger partial charge in [-0.1, -0.05) is 48.5 Å². The summed E-state index contributed by atoms with van der Waals surface area (Å²) in [6, 6.07) is 11.9. The quantitative estimate of drug-likeness (QED) is 0.306. The van der Waals surface area contributed by atoms with Crippen LogP contribution in [0.25, 0.3) is 0 Å². The number of carbonyl (C=O) groups is 3. The molecule has 47 heavy (non-hydrogen) atoms. The zero-order valence-corrected chi connectivity index (χ0v) is 28.5. The van der Waals surface area contributed by atoms with Crippen LogP contribution >= 0.6 is 11.8 Å². The maximum Gasteiger partial charge on any atom is 0.407 e. The summed E-state index contributed by atoms with van der Waals surface area (Å²) in [7, 11) is 0. The molecule has 3 amide bonds. The van der Waals surface area contributed by atoms with Crippen LogP contribution in [-0.4, -0.2) is 82.3 Å². The summed E-state index contributed by atoms with van der Waals surface area (Å²) in [5.41, 5.74) is 5.06. The van der Waals surface area contributed by atoms with Crippen LogP contribution in [0.3, 0.4) is 0 Å². The molecule has 6 atom stereocenters. The van der Waals surface area contributed by atoms with Crippen LogP contribution in [0.4, 0.5) is 4.79 Å². The van der Waals surface area contributed by atoms with Gasteiger partial charge in [0.05, 0.1) is 18.5 Å². The van der Waals surface area contributed by atoms with E-state index in [1.54, 1.807) is 0 Å². The second-order valence-electron chi connectivity index (χ2n) is 13.2. The number of amides is 3. The van der Waals surface area contributed by atoms with Crippen LogP contribution in [0.1, 0.15) is 54.5 Å². The molecule has 3 heterocycles. The molecular formula is C36H47N3O7S. The van der Waals surface area contributed by atoms with Gasteiger partial charge in [-0.2, -0.15) is 0 Å². The summed E-state index contributed by atoms with van der Waals surface area (Å²) >= 11 is 1.47. The number of rotatable bonds is 11. The number of hydrogen-bond acceptors (Lipinski definition) is 8. The summed E-state index contributed by atoms with van der Waals surface area (Å²) in [5, 5.41) is 17.4. The monoisotopic (exact) mass is 665 g/mol. The van der Waals surface area contributed by atoms with Crippen LogP contribution in [0, 0.1) is 19.8 Å². The van der Waals surface area contributed by atoms with Gasteiger partial charge in [-0.25, -0.2) is 4.79 Å². The Morgan fingerprint density at radius 2 is 1.83 bits per heavy atom. The van der Waals surface area contributed by atoms with E-state index in [1.807, 2.05) is 76.2 Å². The van der Waals surface area contributed by atoms with E-state index in [0.29, 0.717) is 19.6 Å². The molecule has 10 nitrogen and oxygen atoms in total. The second-order valence-corrected chi connectivity index (χ2v) is 14.8. The van der Waals surface area contributed by atoms with Crippen molar-refractivity contribution in [2.75, 3.05) is 19.1 Å². The predicted molar refractivity (Wildman–Crippen MR) is 181 cm³/mol. The molecule has 11 heteroatoms. The third-order valence-electron chi connectivity index (χ3n) is 9.43. The van der Waals surface area contributed by atoms with Crippen molar-refractivity contribution in [2.24, 2.45) is 5.92 Å². The van der Waals surface area contributed by atoms with Crippen molar-refractivity contribution in [2.45, 2.75) is 95.3 Å². The third-order valence-corrected chi connectivity index (χ3v) is 10.8. The first-order chi connectivity index (χ1) is 22.5. The molecule has 5 rings (SSSR count). The number of nitrogens with zero attached hydrogens (tertiary/aromatic N) is 1. The highest BCUT2D eigenvalue weighted by molar-refractivity contribution is 8.00. The number of carbonyl (C=O) groups excluding carboxylic acids is 3. The minimum atomic E-state index is -1.63. The molecule has 0 aliphatic carbocycles. The summed E-state index contributed by atoms with van der Waals surface area (Å²) in [6.45, 7) is 12.8. The van der Waals surface area contributed by atoms with Gasteiger partial charge in [0.15, 0.2) is 12.4 Å². The van der Waals surface area contributed by atoms with Crippen molar-refractivity contribution in [3.63, 3.8) is 0 Å². The minimum absolute atomic E-state index is 0.0662. The number of nitrogens with one attached hydrogen (secondary N) is 2. The van der Waals surface area contributed by atoms with Gasteiger partial charge in [-0.3, -0.25) is 9.59 Å². The van der Waals surface area contributed by atoms with E-state index < -0.39 is 47.3 Å². The molecule has 3 saturated heterocycles. The molecule has 0 unspecified atom stereocenters. The summed E-state index contributed by atoms with van der Waals surface area (Å²) in [4.78, 5) is 42.5. The lowest BCUT2D eigenvalue weighted by Gasteiger charge is -2.33. The number of hydrogen-bond donors (Lipinski definition) is 3. The highest BCUT2D eigenvalue weighted by Gasteiger charge is 2.50. The maximum absolute atomic E-state index is 14.1. The first-order valence-corrected chi connectivity index (χ1v) is 17.3. The zero-order valence-electron chi connectivity index (χ0n) is 27.7. The summed E-state index contributed by atoms with van der Waals surface area (Å²) < 4.78 is 16.5. The molecule has 3 N–H and O–H groups in total. The number of alkyl carbamates (subject to hydrolysis) is 1. The predicted octanol–water partition coefficient (Wildman–Crippen LogP) is 4.18. The fourth-order valence-electron chi connectivity index (χ4n) is 6.70. The molecule has 0 radical (unpaired) electrons. The van der Waals surface area contributed by atoms with Crippen LogP contribution in [0.15, 0.2) is 55.1 Å². The molecule has 3 aliphatic rings. The zero-order chi connectivity index (χ0) is 33.7. The number of thioether (sulfide) groups is 1. The van der Waals surface area contributed by atoms with Crippen molar-refractivity contribution >= 4 is 29.7 Å². The van der Waals surface area contributed by atoms with Crippen molar-refractivity contribution < 1.29 is 33.7 Å². The van der Waals surface area contributed by atoms with Crippen molar-refractivity contribution in [1.82, 2.24) is 15.5 Å². The number of aliphatic hydroxyl groups is 1. The lowest BCUT2D eigenvalue weighted by molar-refractivity contribution is -0.152. The Bertz CT molecular complexity index is 1430. The molecule has 0 bridgehead atoms. The molecule has 2 aromatic carbocycles. The third kappa shape index (κ3) is 8.20. The fraction of sp³-hybridized carbons (Fsp3) is 0.528. The Kier molecular flexibility index (Phi) is 11.3. The molecule has 3 fully saturated rings. The Labute approximate surface area is 281 Å². The fourth-order valence-corrected chi connectivity index (χ4v) is 7.84. The molecule has 0 saturated carbocycles. The number of aryl methyl sites for hydroxylation is 2. The highest BCUT2D eigenvalue weighted by Crippen LogP contribution is 2.40. The molecule has 3 aliphatic heterocycles. The molecule has 0 spiro atoms. The number of aliphatic hydroxyl groups excluding tert-OH is 1. The van der Waals surface area contributed by atoms with E-state index in [2.05, 4.69) is 17.2 Å².